The highest BCUT2D eigenvalue weighted by Crippen LogP contribution is 2.32. The first kappa shape index (κ1) is 14.3. The summed E-state index contributed by atoms with van der Waals surface area (Å²) in [5.41, 5.74) is 3.79. The maximum Gasteiger partial charge on any atom is 0.256 e. The van der Waals surface area contributed by atoms with E-state index in [1.807, 2.05) is 40.9 Å². The van der Waals surface area contributed by atoms with Gasteiger partial charge in [-0.3, -0.25) is 9.78 Å². The Balaban J connectivity index is 2.19. The third-order valence-corrected chi connectivity index (χ3v) is 4.00. The number of amides is 1. The van der Waals surface area contributed by atoms with E-state index in [4.69, 9.17) is 0 Å². The topological polar surface area (TPSA) is 63.4 Å². The molecule has 0 aliphatic carbocycles. The molecule has 1 amide bonds. The first-order valence-electron chi connectivity index (χ1n) is 7.54. The van der Waals surface area contributed by atoms with Gasteiger partial charge in [0, 0.05) is 38.2 Å². The minimum Gasteiger partial charge on any atom is -0.345 e. The van der Waals surface area contributed by atoms with Crippen molar-refractivity contribution in [1.82, 2.24) is 24.3 Å². The molecular formula is C18H15N5O. The van der Waals surface area contributed by atoms with Crippen molar-refractivity contribution in [2.75, 3.05) is 14.1 Å². The summed E-state index contributed by atoms with van der Waals surface area (Å²) in [6.45, 7) is 0. The van der Waals surface area contributed by atoms with Gasteiger partial charge >= 0.3 is 0 Å². The zero-order valence-electron chi connectivity index (χ0n) is 13.3. The summed E-state index contributed by atoms with van der Waals surface area (Å²) in [4.78, 5) is 27.4. The Morgan fingerprint density at radius 1 is 1.08 bits per heavy atom. The standard InChI is InChI=1S/C18H15N5O/c1-22(2)18(24)14-13-5-3-4-10-23(13)17-15(14)16(20-11-21-17)12-6-8-19-9-7-12/h3-11H,1-2H3. The van der Waals surface area contributed by atoms with E-state index in [9.17, 15) is 4.79 Å². The number of pyridine rings is 2. The third kappa shape index (κ3) is 2.04. The molecule has 0 saturated carbocycles. The third-order valence-electron chi connectivity index (χ3n) is 4.00. The monoisotopic (exact) mass is 317 g/mol. The molecule has 4 aromatic heterocycles. The molecule has 6 heteroatoms. The fraction of sp³-hybridized carbons (Fsp3) is 0.111. The average molecular weight is 317 g/mol. The van der Waals surface area contributed by atoms with Gasteiger partial charge in [0.1, 0.15) is 12.0 Å². The minimum absolute atomic E-state index is 0.0705. The van der Waals surface area contributed by atoms with Gasteiger partial charge in [-0.1, -0.05) is 6.07 Å². The lowest BCUT2D eigenvalue weighted by molar-refractivity contribution is 0.0831. The van der Waals surface area contributed by atoms with E-state index in [2.05, 4.69) is 15.0 Å². The molecular weight excluding hydrogens is 302 g/mol. The molecule has 118 valence electrons. The number of fused-ring (bicyclic) bond motifs is 3. The van der Waals surface area contributed by atoms with Gasteiger partial charge in [0.15, 0.2) is 0 Å². The summed E-state index contributed by atoms with van der Waals surface area (Å²) < 4.78 is 1.93. The first-order valence-corrected chi connectivity index (χ1v) is 7.54. The van der Waals surface area contributed by atoms with E-state index < -0.39 is 0 Å². The van der Waals surface area contributed by atoms with E-state index >= 15 is 0 Å². The average Bonchev–Trinajstić information content (AvgIpc) is 2.96. The molecule has 4 heterocycles. The molecule has 0 aliphatic heterocycles. The number of hydrogen-bond donors (Lipinski definition) is 0. The molecule has 0 radical (unpaired) electrons. The van der Waals surface area contributed by atoms with Crippen molar-refractivity contribution in [2.45, 2.75) is 0 Å². The van der Waals surface area contributed by atoms with Gasteiger partial charge in [-0.15, -0.1) is 0 Å². The Morgan fingerprint density at radius 3 is 2.62 bits per heavy atom. The molecule has 0 aliphatic rings. The van der Waals surface area contributed by atoms with Crippen LogP contribution in [0.1, 0.15) is 10.4 Å². The van der Waals surface area contributed by atoms with E-state index in [1.165, 1.54) is 6.33 Å². The van der Waals surface area contributed by atoms with Crippen molar-refractivity contribution < 1.29 is 4.79 Å². The Kier molecular flexibility index (Phi) is 3.23. The van der Waals surface area contributed by atoms with E-state index in [0.29, 0.717) is 5.56 Å². The molecule has 4 aromatic rings. The maximum atomic E-state index is 12.9. The van der Waals surface area contributed by atoms with Crippen LogP contribution in [0.5, 0.6) is 0 Å². The second-order valence-corrected chi connectivity index (χ2v) is 5.69. The van der Waals surface area contributed by atoms with Crippen LogP contribution in [-0.2, 0) is 0 Å². The molecule has 0 bridgehead atoms. The largest absolute Gasteiger partial charge is 0.345 e. The summed E-state index contributed by atoms with van der Waals surface area (Å²) in [5.74, 6) is -0.0705. The highest BCUT2D eigenvalue weighted by Gasteiger charge is 2.23. The van der Waals surface area contributed by atoms with Crippen LogP contribution in [0.2, 0.25) is 0 Å². The number of carbonyl (C=O) groups is 1. The summed E-state index contributed by atoms with van der Waals surface area (Å²) in [5, 5.41) is 0.758. The number of hydrogen-bond acceptors (Lipinski definition) is 4. The lowest BCUT2D eigenvalue weighted by Gasteiger charge is -2.11. The van der Waals surface area contributed by atoms with Crippen molar-refractivity contribution in [2.24, 2.45) is 0 Å². The fourth-order valence-corrected chi connectivity index (χ4v) is 2.92. The smallest absolute Gasteiger partial charge is 0.256 e. The SMILES string of the molecule is CN(C)C(=O)c1c2c(-c3ccncc3)ncnc2n2ccccc12. The summed E-state index contributed by atoms with van der Waals surface area (Å²) in [6.07, 6.45) is 6.87. The van der Waals surface area contributed by atoms with Crippen LogP contribution in [0.15, 0.2) is 55.2 Å². The number of carbonyl (C=O) groups excluding carboxylic acids is 1. The second kappa shape index (κ2) is 5.42. The van der Waals surface area contributed by atoms with Crippen LogP contribution in [0.3, 0.4) is 0 Å². The Hall–Kier alpha value is -3.28. The van der Waals surface area contributed by atoms with Crippen LogP contribution >= 0.6 is 0 Å². The normalized spacial score (nSPS) is 11.1. The molecule has 4 rings (SSSR count). The van der Waals surface area contributed by atoms with Crippen LogP contribution in [0.4, 0.5) is 0 Å². The fourth-order valence-electron chi connectivity index (χ4n) is 2.92. The quantitative estimate of drug-likeness (QED) is 0.570. The molecule has 0 fully saturated rings. The predicted octanol–water partition coefficient (Wildman–Crippen LogP) is 2.65. The van der Waals surface area contributed by atoms with E-state index in [-0.39, 0.29) is 5.91 Å². The van der Waals surface area contributed by atoms with Crippen LogP contribution in [-0.4, -0.2) is 44.3 Å². The maximum absolute atomic E-state index is 12.9. The zero-order chi connectivity index (χ0) is 16.7. The number of rotatable bonds is 2. The Morgan fingerprint density at radius 2 is 1.88 bits per heavy atom. The molecule has 6 nitrogen and oxygen atoms in total. The van der Waals surface area contributed by atoms with Crippen LogP contribution in [0.25, 0.3) is 27.8 Å². The van der Waals surface area contributed by atoms with Gasteiger partial charge in [-0.05, 0) is 24.3 Å². The number of nitrogens with zero attached hydrogens (tertiary/aromatic N) is 5. The van der Waals surface area contributed by atoms with Gasteiger partial charge in [0.2, 0.25) is 0 Å². The van der Waals surface area contributed by atoms with Crippen LogP contribution < -0.4 is 0 Å². The van der Waals surface area contributed by atoms with Crippen molar-refractivity contribution in [3.8, 4) is 11.3 Å². The highest BCUT2D eigenvalue weighted by molar-refractivity contribution is 6.16. The molecule has 0 N–H and O–H groups in total. The lowest BCUT2D eigenvalue weighted by atomic mass is 10.1. The van der Waals surface area contributed by atoms with E-state index in [1.54, 1.807) is 31.4 Å². The molecule has 0 saturated heterocycles. The van der Waals surface area contributed by atoms with Gasteiger partial charge in [-0.25, -0.2) is 9.97 Å². The van der Waals surface area contributed by atoms with Crippen LogP contribution in [0, 0.1) is 0 Å². The predicted molar refractivity (Wildman–Crippen MR) is 91.7 cm³/mol. The molecule has 0 spiro atoms. The van der Waals surface area contributed by atoms with E-state index in [0.717, 1.165) is 27.8 Å². The van der Waals surface area contributed by atoms with Crippen molar-refractivity contribution >= 4 is 22.5 Å². The van der Waals surface area contributed by atoms with Gasteiger partial charge in [0.05, 0.1) is 22.2 Å². The summed E-state index contributed by atoms with van der Waals surface area (Å²) in [6, 6.07) is 9.53. The Labute approximate surface area is 138 Å². The summed E-state index contributed by atoms with van der Waals surface area (Å²) in [7, 11) is 3.49. The first-order chi connectivity index (χ1) is 11.7. The van der Waals surface area contributed by atoms with Gasteiger partial charge < -0.3 is 9.30 Å². The summed E-state index contributed by atoms with van der Waals surface area (Å²) >= 11 is 0. The second-order valence-electron chi connectivity index (χ2n) is 5.69. The molecule has 0 atom stereocenters. The Bertz CT molecular complexity index is 1050. The zero-order valence-corrected chi connectivity index (χ0v) is 13.3. The lowest BCUT2D eigenvalue weighted by Crippen LogP contribution is -2.21. The minimum atomic E-state index is -0.0705. The molecule has 0 unspecified atom stereocenters. The number of aromatic nitrogens is 4. The van der Waals surface area contributed by atoms with Gasteiger partial charge in [-0.2, -0.15) is 0 Å². The highest BCUT2D eigenvalue weighted by atomic mass is 16.2. The van der Waals surface area contributed by atoms with Crippen molar-refractivity contribution in [3.05, 3.63) is 60.8 Å². The molecule has 0 aromatic carbocycles. The van der Waals surface area contributed by atoms with Crippen molar-refractivity contribution in [1.29, 1.82) is 0 Å². The van der Waals surface area contributed by atoms with Crippen molar-refractivity contribution in [3.63, 3.8) is 0 Å². The van der Waals surface area contributed by atoms with Gasteiger partial charge in [0.25, 0.3) is 5.91 Å². The molecule has 24 heavy (non-hydrogen) atoms.